The maximum Gasteiger partial charge on any atom is 0.254 e. The van der Waals surface area contributed by atoms with Gasteiger partial charge in [0.05, 0.1) is 6.42 Å². The number of para-hydroxylation sites is 1. The van der Waals surface area contributed by atoms with Gasteiger partial charge in [-0.05, 0) is 38.3 Å². The minimum absolute atomic E-state index is 0.0571. The van der Waals surface area contributed by atoms with Crippen molar-refractivity contribution in [3.8, 4) is 0 Å². The van der Waals surface area contributed by atoms with Gasteiger partial charge in [0, 0.05) is 34.9 Å². The normalized spacial score (nSPS) is 11.0. The van der Waals surface area contributed by atoms with Crippen molar-refractivity contribution < 1.29 is 4.79 Å². The predicted octanol–water partition coefficient (Wildman–Crippen LogP) is 2.16. The van der Waals surface area contributed by atoms with Gasteiger partial charge in [0.15, 0.2) is 0 Å². The van der Waals surface area contributed by atoms with Crippen LogP contribution in [0.4, 0.5) is 0 Å². The molecule has 0 atom stereocenters. The van der Waals surface area contributed by atoms with Crippen molar-refractivity contribution in [2.24, 2.45) is 0 Å². The smallest absolute Gasteiger partial charge is 0.254 e. The zero-order valence-electron chi connectivity index (χ0n) is 14.5. The Morgan fingerprint density at radius 1 is 1.24 bits per heavy atom. The molecule has 2 aromatic heterocycles. The maximum absolute atomic E-state index is 12.1. The number of aromatic nitrogens is 3. The fraction of sp³-hybridized carbons (Fsp3) is 0.316. The van der Waals surface area contributed by atoms with E-state index in [1.165, 1.54) is 10.9 Å². The van der Waals surface area contributed by atoms with E-state index in [4.69, 9.17) is 0 Å². The van der Waals surface area contributed by atoms with E-state index in [1.807, 2.05) is 18.3 Å². The molecule has 1 aromatic carbocycles. The van der Waals surface area contributed by atoms with Gasteiger partial charge in [0.25, 0.3) is 5.56 Å². The summed E-state index contributed by atoms with van der Waals surface area (Å²) in [7, 11) is 0. The number of H-pyrrole nitrogens is 2. The van der Waals surface area contributed by atoms with E-state index in [-0.39, 0.29) is 17.9 Å². The van der Waals surface area contributed by atoms with Crippen molar-refractivity contribution in [2.75, 3.05) is 6.54 Å². The molecule has 2 heterocycles. The number of hydrogen-bond donors (Lipinski definition) is 3. The summed E-state index contributed by atoms with van der Waals surface area (Å²) in [5, 5.41) is 4.10. The highest BCUT2D eigenvalue weighted by Crippen LogP contribution is 2.18. The van der Waals surface area contributed by atoms with Crippen LogP contribution in [0.5, 0.6) is 0 Å². The standard InChI is InChI=1S/C19H22N4O2/c1-12-16(19(25)23-13(2)22-12)10-18(24)20-9-5-6-14-11-21-17-8-4-3-7-15(14)17/h3-4,7-8,11,21H,5-6,9-10H2,1-2H3,(H,20,24)(H,22,23,25). The Morgan fingerprint density at radius 2 is 2.04 bits per heavy atom. The quantitative estimate of drug-likeness (QED) is 0.602. The lowest BCUT2D eigenvalue weighted by Crippen LogP contribution is -2.30. The SMILES string of the molecule is Cc1nc(C)c(CC(=O)NCCCc2c[nH]c3ccccc23)c(=O)[nH]1. The average molecular weight is 338 g/mol. The van der Waals surface area contributed by atoms with Crippen molar-refractivity contribution in [2.45, 2.75) is 33.1 Å². The highest BCUT2D eigenvalue weighted by molar-refractivity contribution is 5.83. The van der Waals surface area contributed by atoms with Crippen LogP contribution in [-0.4, -0.2) is 27.4 Å². The number of nitrogens with one attached hydrogen (secondary N) is 3. The lowest BCUT2D eigenvalue weighted by molar-refractivity contribution is -0.120. The van der Waals surface area contributed by atoms with Crippen LogP contribution in [0.15, 0.2) is 35.3 Å². The minimum atomic E-state index is -0.237. The van der Waals surface area contributed by atoms with Gasteiger partial charge in [-0.3, -0.25) is 9.59 Å². The summed E-state index contributed by atoms with van der Waals surface area (Å²) in [6, 6.07) is 8.18. The van der Waals surface area contributed by atoms with Crippen LogP contribution in [-0.2, 0) is 17.6 Å². The summed E-state index contributed by atoms with van der Waals surface area (Å²) in [4.78, 5) is 34.1. The molecule has 0 bridgehead atoms. The first kappa shape index (κ1) is 17.0. The molecule has 0 saturated heterocycles. The largest absolute Gasteiger partial charge is 0.361 e. The molecule has 0 spiro atoms. The second kappa shape index (κ2) is 7.34. The predicted molar refractivity (Wildman–Crippen MR) is 97.7 cm³/mol. The molecule has 6 heteroatoms. The molecule has 0 aliphatic rings. The van der Waals surface area contributed by atoms with Gasteiger partial charge >= 0.3 is 0 Å². The van der Waals surface area contributed by atoms with Crippen molar-refractivity contribution in [3.63, 3.8) is 0 Å². The first-order chi connectivity index (χ1) is 12.0. The van der Waals surface area contributed by atoms with Crippen LogP contribution in [0.2, 0.25) is 0 Å². The van der Waals surface area contributed by atoms with E-state index >= 15 is 0 Å². The van der Waals surface area contributed by atoms with Crippen LogP contribution in [0.3, 0.4) is 0 Å². The van der Waals surface area contributed by atoms with Crippen LogP contribution in [0, 0.1) is 13.8 Å². The molecule has 3 N–H and O–H groups in total. The molecule has 6 nitrogen and oxygen atoms in total. The van der Waals surface area contributed by atoms with Crippen molar-refractivity contribution in [1.82, 2.24) is 20.3 Å². The summed E-state index contributed by atoms with van der Waals surface area (Å²) in [5.41, 5.74) is 3.18. The van der Waals surface area contributed by atoms with Gasteiger partial charge in [-0.25, -0.2) is 4.98 Å². The molecule has 0 saturated carbocycles. The number of aromatic amines is 2. The van der Waals surface area contributed by atoms with Gasteiger partial charge in [-0.15, -0.1) is 0 Å². The van der Waals surface area contributed by atoms with Gasteiger partial charge in [-0.1, -0.05) is 18.2 Å². The Kier molecular flexibility index (Phi) is 4.97. The van der Waals surface area contributed by atoms with Crippen LogP contribution >= 0.6 is 0 Å². The Morgan fingerprint density at radius 3 is 2.84 bits per heavy atom. The molecule has 3 aromatic rings. The summed E-state index contributed by atoms with van der Waals surface area (Å²) < 4.78 is 0. The van der Waals surface area contributed by atoms with Crippen molar-refractivity contribution >= 4 is 16.8 Å². The lowest BCUT2D eigenvalue weighted by atomic mass is 10.1. The van der Waals surface area contributed by atoms with Gasteiger partial charge in [-0.2, -0.15) is 0 Å². The van der Waals surface area contributed by atoms with Crippen molar-refractivity contribution in [1.29, 1.82) is 0 Å². The minimum Gasteiger partial charge on any atom is -0.361 e. The molecule has 0 aliphatic heterocycles. The zero-order valence-corrected chi connectivity index (χ0v) is 14.5. The molecule has 1 amide bonds. The fourth-order valence-corrected chi connectivity index (χ4v) is 3.03. The van der Waals surface area contributed by atoms with Gasteiger partial charge < -0.3 is 15.3 Å². The van der Waals surface area contributed by atoms with Crippen molar-refractivity contribution in [3.05, 3.63) is 63.5 Å². The number of benzene rings is 1. The number of amides is 1. The van der Waals surface area contributed by atoms with Crippen LogP contribution in [0.25, 0.3) is 10.9 Å². The van der Waals surface area contributed by atoms with E-state index in [9.17, 15) is 9.59 Å². The monoisotopic (exact) mass is 338 g/mol. The molecule has 0 unspecified atom stereocenters. The first-order valence-electron chi connectivity index (χ1n) is 8.42. The number of hydrogen-bond acceptors (Lipinski definition) is 3. The Labute approximate surface area is 145 Å². The molecular weight excluding hydrogens is 316 g/mol. The third-order valence-electron chi connectivity index (χ3n) is 4.30. The summed E-state index contributed by atoms with van der Waals surface area (Å²) in [5.74, 6) is 0.406. The molecule has 3 rings (SSSR count). The second-order valence-electron chi connectivity index (χ2n) is 6.21. The fourth-order valence-electron chi connectivity index (χ4n) is 3.03. The number of rotatable bonds is 6. The molecule has 130 valence electrons. The first-order valence-corrected chi connectivity index (χ1v) is 8.42. The van der Waals surface area contributed by atoms with Gasteiger partial charge in [0.2, 0.25) is 5.91 Å². The molecular formula is C19H22N4O2. The highest BCUT2D eigenvalue weighted by Gasteiger charge is 2.11. The van der Waals surface area contributed by atoms with Gasteiger partial charge in [0.1, 0.15) is 5.82 Å². The summed E-state index contributed by atoms with van der Waals surface area (Å²) in [6.07, 6.45) is 3.81. The van der Waals surface area contributed by atoms with Crippen LogP contribution in [0.1, 0.15) is 29.1 Å². The Balaban J connectivity index is 1.51. The number of aryl methyl sites for hydroxylation is 3. The number of carbonyl (C=O) groups is 1. The highest BCUT2D eigenvalue weighted by atomic mass is 16.2. The number of fused-ring (bicyclic) bond motifs is 1. The molecule has 0 aliphatic carbocycles. The van der Waals surface area contributed by atoms with E-state index < -0.39 is 0 Å². The summed E-state index contributed by atoms with van der Waals surface area (Å²) in [6.45, 7) is 4.05. The average Bonchev–Trinajstić information content (AvgIpc) is 2.98. The second-order valence-corrected chi connectivity index (χ2v) is 6.21. The molecule has 25 heavy (non-hydrogen) atoms. The number of nitrogens with zero attached hydrogens (tertiary/aromatic N) is 1. The van der Waals surface area contributed by atoms with Crippen LogP contribution < -0.4 is 10.9 Å². The van der Waals surface area contributed by atoms with E-state index in [1.54, 1.807) is 13.8 Å². The Bertz CT molecular complexity index is 955. The van der Waals surface area contributed by atoms with E-state index in [0.717, 1.165) is 18.4 Å². The third-order valence-corrected chi connectivity index (χ3v) is 4.30. The Hall–Kier alpha value is -2.89. The molecule has 0 radical (unpaired) electrons. The topological polar surface area (TPSA) is 90.6 Å². The third kappa shape index (κ3) is 3.96. The maximum atomic E-state index is 12.1. The van der Waals surface area contributed by atoms with E-state index in [0.29, 0.717) is 23.6 Å². The number of carbonyl (C=O) groups excluding carboxylic acids is 1. The molecule has 0 fully saturated rings. The zero-order chi connectivity index (χ0) is 17.8. The lowest BCUT2D eigenvalue weighted by Gasteiger charge is -2.07. The summed E-state index contributed by atoms with van der Waals surface area (Å²) >= 11 is 0. The van der Waals surface area contributed by atoms with E-state index in [2.05, 4.69) is 32.4 Å².